The maximum Gasteiger partial charge on any atom is 0.312 e. The van der Waals surface area contributed by atoms with Crippen LogP contribution in [0.2, 0.25) is 0 Å². The third kappa shape index (κ3) is 6.91. The van der Waals surface area contributed by atoms with Crippen LogP contribution in [0.4, 0.5) is 0 Å². The number of hydrogen-bond acceptors (Lipinski definition) is 4. The van der Waals surface area contributed by atoms with E-state index in [1.165, 1.54) is 0 Å². The summed E-state index contributed by atoms with van der Waals surface area (Å²) in [6.07, 6.45) is 0.805. The first-order valence-corrected chi connectivity index (χ1v) is 5.81. The highest BCUT2D eigenvalue weighted by molar-refractivity contribution is 6.35. The van der Waals surface area contributed by atoms with Gasteiger partial charge in [-0.15, -0.1) is 0 Å². The monoisotopic (exact) mass is 246 g/mol. The molecule has 3 N–H and O–H groups in total. The molecule has 17 heavy (non-hydrogen) atoms. The van der Waals surface area contributed by atoms with E-state index in [4.69, 9.17) is 10.2 Å². The van der Waals surface area contributed by atoms with Crippen molar-refractivity contribution in [1.29, 1.82) is 0 Å². The van der Waals surface area contributed by atoms with Crippen LogP contribution in [0.5, 0.6) is 0 Å². The Hall–Kier alpha value is -1.14. The molecule has 0 aliphatic rings. The quantitative estimate of drug-likeness (QED) is 0.501. The molecule has 0 heterocycles. The zero-order valence-electron chi connectivity index (χ0n) is 10.5. The van der Waals surface area contributed by atoms with Gasteiger partial charge in [-0.3, -0.25) is 9.59 Å². The van der Waals surface area contributed by atoms with E-state index in [2.05, 4.69) is 5.32 Å². The summed E-state index contributed by atoms with van der Waals surface area (Å²) < 4.78 is 0. The minimum absolute atomic E-state index is 0.0526. The minimum Gasteiger partial charge on any atom is -0.395 e. The molecule has 0 aliphatic heterocycles. The van der Waals surface area contributed by atoms with Gasteiger partial charge in [0, 0.05) is 19.6 Å². The van der Waals surface area contributed by atoms with Crippen LogP contribution in [-0.2, 0) is 9.59 Å². The number of nitrogens with zero attached hydrogens (tertiary/aromatic N) is 1. The average molecular weight is 246 g/mol. The van der Waals surface area contributed by atoms with Crippen molar-refractivity contribution >= 4 is 11.8 Å². The Morgan fingerprint density at radius 3 is 2.12 bits per heavy atom. The van der Waals surface area contributed by atoms with Crippen molar-refractivity contribution in [2.45, 2.75) is 20.3 Å². The van der Waals surface area contributed by atoms with Crippen LogP contribution >= 0.6 is 0 Å². The highest BCUT2D eigenvalue weighted by atomic mass is 16.3. The first-order valence-electron chi connectivity index (χ1n) is 5.81. The third-order valence-corrected chi connectivity index (χ3v) is 2.23. The van der Waals surface area contributed by atoms with E-state index in [9.17, 15) is 9.59 Å². The Morgan fingerprint density at radius 2 is 1.71 bits per heavy atom. The van der Waals surface area contributed by atoms with E-state index in [0.29, 0.717) is 12.5 Å². The normalized spacial score (nSPS) is 10.4. The van der Waals surface area contributed by atoms with E-state index >= 15 is 0 Å². The number of carbonyl (C=O) groups excluding carboxylic acids is 2. The summed E-state index contributed by atoms with van der Waals surface area (Å²) in [5.41, 5.74) is 0. The smallest absolute Gasteiger partial charge is 0.312 e. The minimum atomic E-state index is -0.711. The van der Waals surface area contributed by atoms with Crippen LogP contribution in [0.25, 0.3) is 0 Å². The molecule has 0 aromatic carbocycles. The Morgan fingerprint density at radius 1 is 1.18 bits per heavy atom. The number of hydrogen-bond donors (Lipinski definition) is 3. The molecule has 0 saturated heterocycles. The molecule has 0 aromatic heterocycles. The van der Waals surface area contributed by atoms with Crippen LogP contribution < -0.4 is 5.32 Å². The lowest BCUT2D eigenvalue weighted by Gasteiger charge is -2.19. The zero-order valence-corrected chi connectivity index (χ0v) is 10.5. The second-order valence-corrected chi connectivity index (χ2v) is 4.18. The standard InChI is InChI=1S/C11H22N2O4/c1-9(2)3-4-12-10(16)11(17)13(5-7-14)6-8-15/h9,14-15H,3-8H2,1-2H3,(H,12,16). The molecular formula is C11H22N2O4. The third-order valence-electron chi connectivity index (χ3n) is 2.23. The molecule has 6 nitrogen and oxygen atoms in total. The van der Waals surface area contributed by atoms with Gasteiger partial charge in [0.15, 0.2) is 0 Å². The van der Waals surface area contributed by atoms with Gasteiger partial charge in [-0.25, -0.2) is 0 Å². The highest BCUT2D eigenvalue weighted by Crippen LogP contribution is 1.96. The fraction of sp³-hybridized carbons (Fsp3) is 0.818. The highest BCUT2D eigenvalue weighted by Gasteiger charge is 2.20. The molecule has 2 amide bonds. The van der Waals surface area contributed by atoms with Gasteiger partial charge in [0.2, 0.25) is 0 Å². The summed E-state index contributed by atoms with van der Waals surface area (Å²) in [6, 6.07) is 0. The number of aliphatic hydroxyl groups excluding tert-OH is 2. The van der Waals surface area contributed by atoms with Crippen molar-refractivity contribution in [3.63, 3.8) is 0 Å². The maximum atomic E-state index is 11.6. The van der Waals surface area contributed by atoms with Gasteiger partial charge in [0.05, 0.1) is 13.2 Å². The summed E-state index contributed by atoms with van der Waals surface area (Å²) >= 11 is 0. The molecule has 100 valence electrons. The van der Waals surface area contributed by atoms with Gasteiger partial charge < -0.3 is 20.4 Å². The number of nitrogens with one attached hydrogen (secondary N) is 1. The van der Waals surface area contributed by atoms with Gasteiger partial charge in [-0.05, 0) is 12.3 Å². The van der Waals surface area contributed by atoms with E-state index in [1.807, 2.05) is 13.8 Å². The number of rotatable bonds is 7. The Labute approximate surface area is 102 Å². The number of carbonyl (C=O) groups is 2. The number of amides is 2. The molecule has 0 unspecified atom stereocenters. The average Bonchev–Trinajstić information content (AvgIpc) is 2.27. The molecule has 0 radical (unpaired) electrons. The summed E-state index contributed by atoms with van der Waals surface area (Å²) in [7, 11) is 0. The Bertz CT molecular complexity index is 238. The molecule has 6 heteroatoms. The van der Waals surface area contributed by atoms with Gasteiger partial charge >= 0.3 is 11.8 Å². The van der Waals surface area contributed by atoms with Gasteiger partial charge in [-0.1, -0.05) is 13.8 Å². The first kappa shape index (κ1) is 15.9. The summed E-state index contributed by atoms with van der Waals surface area (Å²) in [5, 5.41) is 20.0. The second-order valence-electron chi connectivity index (χ2n) is 4.18. The number of aliphatic hydroxyl groups is 2. The van der Waals surface area contributed by atoms with Crippen LogP contribution in [0.3, 0.4) is 0 Å². The van der Waals surface area contributed by atoms with Crippen molar-refractivity contribution in [2.24, 2.45) is 5.92 Å². The first-order chi connectivity index (χ1) is 8.02. The summed E-state index contributed by atoms with van der Waals surface area (Å²) in [4.78, 5) is 24.2. The van der Waals surface area contributed by atoms with Gasteiger partial charge in [0.1, 0.15) is 0 Å². The molecule has 0 bridgehead atoms. The van der Waals surface area contributed by atoms with E-state index in [-0.39, 0.29) is 26.3 Å². The zero-order chi connectivity index (χ0) is 13.3. The van der Waals surface area contributed by atoms with Crippen LogP contribution in [0, 0.1) is 5.92 Å². The fourth-order valence-corrected chi connectivity index (χ4v) is 1.25. The topological polar surface area (TPSA) is 89.9 Å². The van der Waals surface area contributed by atoms with Crippen molar-refractivity contribution in [3.05, 3.63) is 0 Å². The van der Waals surface area contributed by atoms with Crippen molar-refractivity contribution in [2.75, 3.05) is 32.8 Å². The molecule has 0 saturated carbocycles. The van der Waals surface area contributed by atoms with Crippen LogP contribution in [0.15, 0.2) is 0 Å². The van der Waals surface area contributed by atoms with E-state index in [1.54, 1.807) is 0 Å². The second kappa shape index (κ2) is 8.95. The van der Waals surface area contributed by atoms with E-state index < -0.39 is 11.8 Å². The predicted molar refractivity (Wildman–Crippen MR) is 63.2 cm³/mol. The summed E-state index contributed by atoms with van der Waals surface area (Å²) in [5.74, 6) is -0.944. The molecule has 0 spiro atoms. The molecular weight excluding hydrogens is 224 g/mol. The lowest BCUT2D eigenvalue weighted by atomic mass is 10.1. The van der Waals surface area contributed by atoms with Crippen LogP contribution in [0.1, 0.15) is 20.3 Å². The predicted octanol–water partition coefficient (Wildman–Crippen LogP) is -1.04. The van der Waals surface area contributed by atoms with Gasteiger partial charge in [0.25, 0.3) is 0 Å². The van der Waals surface area contributed by atoms with Gasteiger partial charge in [-0.2, -0.15) is 0 Å². The fourth-order valence-electron chi connectivity index (χ4n) is 1.25. The lowest BCUT2D eigenvalue weighted by molar-refractivity contribution is -0.146. The SMILES string of the molecule is CC(C)CCNC(=O)C(=O)N(CCO)CCO. The maximum absolute atomic E-state index is 11.6. The van der Waals surface area contributed by atoms with Crippen molar-refractivity contribution in [1.82, 2.24) is 10.2 Å². The Kier molecular flexibility index (Phi) is 8.35. The van der Waals surface area contributed by atoms with Crippen molar-refractivity contribution in [3.8, 4) is 0 Å². The molecule has 0 atom stereocenters. The molecule has 0 aromatic rings. The molecule has 0 aliphatic carbocycles. The van der Waals surface area contributed by atoms with Crippen molar-refractivity contribution < 1.29 is 19.8 Å². The largest absolute Gasteiger partial charge is 0.395 e. The molecule has 0 fully saturated rings. The molecule has 0 rings (SSSR count). The van der Waals surface area contributed by atoms with Crippen LogP contribution in [-0.4, -0.2) is 59.8 Å². The summed E-state index contributed by atoms with van der Waals surface area (Å²) in [6.45, 7) is 4.15. The lowest BCUT2D eigenvalue weighted by Crippen LogP contribution is -2.45. The van der Waals surface area contributed by atoms with E-state index in [0.717, 1.165) is 11.3 Å². The Balaban J connectivity index is 4.11.